The number of halogens is 1. The minimum atomic E-state index is -0.443. The third-order valence-corrected chi connectivity index (χ3v) is 2.86. The van der Waals surface area contributed by atoms with Gasteiger partial charge in [-0.3, -0.25) is 0 Å². The minimum Gasteiger partial charge on any atom is -0.354 e. The van der Waals surface area contributed by atoms with Crippen molar-refractivity contribution in [1.29, 1.82) is 5.26 Å². The number of hydrogen-bond acceptors (Lipinski definition) is 5. The van der Waals surface area contributed by atoms with Crippen molar-refractivity contribution in [1.82, 2.24) is 9.97 Å². The number of nitriles is 1. The Hall–Kier alpha value is -2.68. The van der Waals surface area contributed by atoms with E-state index in [4.69, 9.17) is 5.26 Å². The van der Waals surface area contributed by atoms with Gasteiger partial charge in [-0.1, -0.05) is 6.92 Å². The van der Waals surface area contributed by atoms with E-state index in [1.165, 1.54) is 18.2 Å². The zero-order valence-corrected chi connectivity index (χ0v) is 11.9. The molecule has 108 valence electrons. The molecule has 0 aliphatic rings. The fourth-order valence-corrected chi connectivity index (χ4v) is 1.74. The third kappa shape index (κ3) is 3.66. The number of aromatic nitrogens is 2. The summed E-state index contributed by atoms with van der Waals surface area (Å²) >= 11 is 0. The average molecular weight is 285 g/mol. The van der Waals surface area contributed by atoms with Crippen LogP contribution in [-0.2, 0) is 0 Å². The summed E-state index contributed by atoms with van der Waals surface area (Å²) in [4.78, 5) is 8.55. The summed E-state index contributed by atoms with van der Waals surface area (Å²) in [5.41, 5.74) is 1.59. The highest BCUT2D eigenvalue weighted by Gasteiger charge is 2.08. The minimum absolute atomic E-state index is 0.232. The van der Waals surface area contributed by atoms with Crippen LogP contribution in [0.2, 0.25) is 0 Å². The van der Waals surface area contributed by atoms with E-state index in [9.17, 15) is 4.39 Å². The topological polar surface area (TPSA) is 73.6 Å². The molecule has 1 aromatic carbocycles. The zero-order chi connectivity index (χ0) is 15.2. The first-order chi connectivity index (χ1) is 10.1. The molecule has 1 aromatic heterocycles. The van der Waals surface area contributed by atoms with Crippen LogP contribution in [0.4, 0.5) is 21.8 Å². The van der Waals surface area contributed by atoms with Crippen LogP contribution < -0.4 is 10.6 Å². The molecule has 0 radical (unpaired) electrons. The molecule has 0 atom stereocenters. The summed E-state index contributed by atoms with van der Waals surface area (Å²) in [7, 11) is 0. The molecule has 2 rings (SSSR count). The van der Waals surface area contributed by atoms with Crippen LogP contribution in [0.15, 0.2) is 24.4 Å². The van der Waals surface area contributed by atoms with Crippen molar-refractivity contribution in [3.05, 3.63) is 41.3 Å². The highest BCUT2D eigenvalue weighted by Crippen LogP contribution is 2.22. The molecule has 0 saturated carbocycles. The van der Waals surface area contributed by atoms with E-state index in [-0.39, 0.29) is 5.56 Å². The summed E-state index contributed by atoms with van der Waals surface area (Å²) in [6, 6.07) is 5.98. The second kappa shape index (κ2) is 6.66. The molecule has 0 aliphatic carbocycles. The molecule has 21 heavy (non-hydrogen) atoms. The predicted molar refractivity (Wildman–Crippen MR) is 79.9 cm³/mol. The van der Waals surface area contributed by atoms with Gasteiger partial charge in [0.1, 0.15) is 17.7 Å². The van der Waals surface area contributed by atoms with E-state index in [0.717, 1.165) is 18.5 Å². The maximum Gasteiger partial charge on any atom is 0.224 e. The molecule has 0 fully saturated rings. The van der Waals surface area contributed by atoms with Crippen molar-refractivity contribution in [2.24, 2.45) is 0 Å². The lowest BCUT2D eigenvalue weighted by Gasteiger charge is -2.11. The van der Waals surface area contributed by atoms with E-state index in [1.807, 2.05) is 13.0 Å². The van der Waals surface area contributed by atoms with Crippen LogP contribution in [0.5, 0.6) is 0 Å². The lowest BCUT2D eigenvalue weighted by atomic mass is 10.2. The fourth-order valence-electron chi connectivity index (χ4n) is 1.74. The van der Waals surface area contributed by atoms with Crippen molar-refractivity contribution < 1.29 is 4.39 Å². The van der Waals surface area contributed by atoms with Gasteiger partial charge in [0, 0.05) is 18.3 Å². The van der Waals surface area contributed by atoms with Crippen LogP contribution in [0.1, 0.15) is 24.5 Å². The van der Waals surface area contributed by atoms with E-state index in [1.54, 1.807) is 6.20 Å². The molecule has 0 spiro atoms. The van der Waals surface area contributed by atoms with Gasteiger partial charge in [0.05, 0.1) is 11.3 Å². The van der Waals surface area contributed by atoms with E-state index < -0.39 is 5.82 Å². The van der Waals surface area contributed by atoms with Crippen molar-refractivity contribution >= 4 is 17.5 Å². The van der Waals surface area contributed by atoms with Crippen molar-refractivity contribution in [2.45, 2.75) is 20.3 Å². The molecule has 0 aliphatic heterocycles. The SMILES string of the molecule is CCCNc1ncc(C)c(Nc2ccc(F)cc2C#N)n1. The van der Waals surface area contributed by atoms with E-state index in [2.05, 4.69) is 27.5 Å². The maximum absolute atomic E-state index is 13.1. The largest absolute Gasteiger partial charge is 0.354 e. The second-order valence-electron chi connectivity index (χ2n) is 4.58. The Morgan fingerprint density at radius 3 is 2.90 bits per heavy atom. The number of nitrogens with one attached hydrogen (secondary N) is 2. The highest BCUT2D eigenvalue weighted by atomic mass is 19.1. The quantitative estimate of drug-likeness (QED) is 0.881. The molecule has 0 amide bonds. The predicted octanol–water partition coefficient (Wildman–Crippen LogP) is 3.36. The number of hydrogen-bond donors (Lipinski definition) is 2. The average Bonchev–Trinajstić information content (AvgIpc) is 2.49. The number of anilines is 3. The lowest BCUT2D eigenvalue weighted by molar-refractivity contribution is 0.627. The van der Waals surface area contributed by atoms with Gasteiger partial charge in [-0.05, 0) is 31.5 Å². The molecular weight excluding hydrogens is 269 g/mol. The Morgan fingerprint density at radius 2 is 2.19 bits per heavy atom. The van der Waals surface area contributed by atoms with Crippen molar-refractivity contribution in [2.75, 3.05) is 17.2 Å². The van der Waals surface area contributed by atoms with Crippen LogP contribution in [0.25, 0.3) is 0 Å². The summed E-state index contributed by atoms with van der Waals surface area (Å²) in [5.74, 6) is 0.666. The highest BCUT2D eigenvalue weighted by molar-refractivity contribution is 5.66. The number of aryl methyl sites for hydroxylation is 1. The molecular formula is C15H16FN5. The van der Waals surface area contributed by atoms with Crippen LogP contribution in [-0.4, -0.2) is 16.5 Å². The number of nitrogens with zero attached hydrogens (tertiary/aromatic N) is 3. The molecule has 0 unspecified atom stereocenters. The molecule has 2 N–H and O–H groups in total. The van der Waals surface area contributed by atoms with Crippen molar-refractivity contribution in [3.63, 3.8) is 0 Å². The molecule has 1 heterocycles. The van der Waals surface area contributed by atoms with Crippen molar-refractivity contribution in [3.8, 4) is 6.07 Å². The molecule has 2 aromatic rings. The third-order valence-electron chi connectivity index (χ3n) is 2.86. The van der Waals surface area contributed by atoms with Crippen LogP contribution in [0.3, 0.4) is 0 Å². The summed E-state index contributed by atoms with van der Waals surface area (Å²) < 4.78 is 13.1. The van der Waals surface area contributed by atoms with Crippen LogP contribution >= 0.6 is 0 Å². The summed E-state index contributed by atoms with van der Waals surface area (Å²) in [6.45, 7) is 4.70. The smallest absolute Gasteiger partial charge is 0.224 e. The Bertz CT molecular complexity index is 678. The Labute approximate surface area is 122 Å². The standard InChI is InChI=1S/C15H16FN5/c1-3-6-18-15-19-9-10(2)14(21-15)20-13-5-4-12(16)7-11(13)8-17/h4-5,7,9H,3,6H2,1-2H3,(H2,18,19,20,21). The van der Waals surface area contributed by atoms with Gasteiger partial charge in [0.15, 0.2) is 0 Å². The lowest BCUT2D eigenvalue weighted by Crippen LogP contribution is -2.07. The molecule has 5 nitrogen and oxygen atoms in total. The maximum atomic E-state index is 13.1. The first-order valence-electron chi connectivity index (χ1n) is 6.68. The van der Waals surface area contributed by atoms with Gasteiger partial charge in [0.25, 0.3) is 0 Å². The number of rotatable bonds is 5. The van der Waals surface area contributed by atoms with Gasteiger partial charge < -0.3 is 10.6 Å². The van der Waals surface area contributed by atoms with Crippen LogP contribution in [0, 0.1) is 24.1 Å². The molecule has 0 saturated heterocycles. The molecule has 6 heteroatoms. The first-order valence-corrected chi connectivity index (χ1v) is 6.68. The van der Waals surface area contributed by atoms with E-state index in [0.29, 0.717) is 17.5 Å². The van der Waals surface area contributed by atoms with Gasteiger partial charge in [-0.25, -0.2) is 9.37 Å². The summed E-state index contributed by atoms with van der Waals surface area (Å²) in [5, 5.41) is 15.2. The van der Waals surface area contributed by atoms with Gasteiger partial charge in [0.2, 0.25) is 5.95 Å². The Kier molecular flexibility index (Phi) is 4.67. The van der Waals surface area contributed by atoms with Gasteiger partial charge in [-0.15, -0.1) is 0 Å². The van der Waals surface area contributed by atoms with E-state index >= 15 is 0 Å². The Balaban J connectivity index is 2.29. The zero-order valence-electron chi connectivity index (χ0n) is 11.9. The number of benzene rings is 1. The first kappa shape index (κ1) is 14.7. The van der Waals surface area contributed by atoms with Gasteiger partial charge in [-0.2, -0.15) is 10.2 Å². The van der Waals surface area contributed by atoms with Gasteiger partial charge >= 0.3 is 0 Å². The Morgan fingerprint density at radius 1 is 1.38 bits per heavy atom. The second-order valence-corrected chi connectivity index (χ2v) is 4.58. The summed E-state index contributed by atoms with van der Waals surface area (Å²) in [6.07, 6.45) is 2.67. The monoisotopic (exact) mass is 285 g/mol. The fraction of sp³-hybridized carbons (Fsp3) is 0.267. The molecule has 0 bridgehead atoms. The normalized spacial score (nSPS) is 10.0.